The van der Waals surface area contributed by atoms with Crippen molar-refractivity contribution in [3.63, 3.8) is 0 Å². The van der Waals surface area contributed by atoms with Crippen molar-refractivity contribution in [2.24, 2.45) is 0 Å². The normalized spacial score (nSPS) is 10.9. The first kappa shape index (κ1) is 33.4. The zero-order chi connectivity index (χ0) is 35.4. The molecule has 0 radical (unpaired) electrons. The molecule has 0 saturated heterocycles. The molecule has 0 spiro atoms. The molecule has 50 heavy (non-hydrogen) atoms. The summed E-state index contributed by atoms with van der Waals surface area (Å²) in [6, 6.07) is 38.8. The predicted octanol–water partition coefficient (Wildman–Crippen LogP) is 10.5. The van der Waals surface area contributed by atoms with Crippen molar-refractivity contribution < 1.29 is 14.8 Å². The highest BCUT2D eigenvalue weighted by atomic mass is 16.6. The summed E-state index contributed by atoms with van der Waals surface area (Å²) in [7, 11) is 0. The van der Waals surface area contributed by atoms with Crippen LogP contribution >= 0.6 is 0 Å². The third-order valence-corrected chi connectivity index (χ3v) is 8.70. The average Bonchev–Trinajstić information content (AvgIpc) is 3.11. The molecule has 0 bridgehead atoms. The van der Waals surface area contributed by atoms with Crippen molar-refractivity contribution in [2.75, 3.05) is 0 Å². The fourth-order valence-corrected chi connectivity index (χ4v) is 6.30. The van der Waals surface area contributed by atoms with Crippen LogP contribution in [-0.4, -0.2) is 14.8 Å². The Morgan fingerprint density at radius 1 is 0.400 bits per heavy atom. The van der Waals surface area contributed by atoms with E-state index in [2.05, 4.69) is 61.5 Å². The predicted molar refractivity (Wildman–Crippen MR) is 195 cm³/mol. The summed E-state index contributed by atoms with van der Waals surface area (Å²) in [6.07, 6.45) is 2.08. The molecule has 6 aromatic rings. The van der Waals surface area contributed by atoms with Crippen LogP contribution in [0.5, 0.6) is 0 Å². The van der Waals surface area contributed by atoms with Gasteiger partial charge < -0.3 is 0 Å². The molecule has 0 aliphatic heterocycles. The van der Waals surface area contributed by atoms with Gasteiger partial charge in [0.2, 0.25) is 0 Å². The minimum atomic E-state index is -0.408. The molecule has 0 unspecified atom stereocenters. The summed E-state index contributed by atoms with van der Waals surface area (Å²) < 4.78 is 0. The van der Waals surface area contributed by atoms with E-state index in [1.54, 1.807) is 36.4 Å². The Morgan fingerprint density at radius 2 is 0.700 bits per heavy atom. The third-order valence-electron chi connectivity index (χ3n) is 8.70. The van der Waals surface area contributed by atoms with E-state index in [0.29, 0.717) is 12.8 Å². The lowest BCUT2D eigenvalue weighted by Gasteiger charge is -2.14. The van der Waals surface area contributed by atoms with Crippen molar-refractivity contribution in [1.82, 2.24) is 0 Å². The molecule has 9 heteroatoms. The van der Waals surface area contributed by atoms with Crippen LogP contribution in [0.15, 0.2) is 127 Å². The Hall–Kier alpha value is -6.48. The molecule has 0 saturated carbocycles. The van der Waals surface area contributed by atoms with Crippen LogP contribution in [0, 0.1) is 37.3 Å². The minimum Gasteiger partial charge on any atom is -0.258 e. The average molecular weight is 664 g/mol. The molecule has 9 nitrogen and oxygen atoms in total. The zero-order valence-electron chi connectivity index (χ0n) is 27.5. The third kappa shape index (κ3) is 7.79. The van der Waals surface area contributed by atoms with E-state index in [-0.39, 0.29) is 17.1 Å². The second-order valence-electron chi connectivity index (χ2n) is 12.4. The van der Waals surface area contributed by atoms with Crippen LogP contribution in [-0.2, 0) is 19.3 Å². The van der Waals surface area contributed by atoms with Gasteiger partial charge in [-0.3, -0.25) is 30.3 Å². The SMILES string of the molecule is CCc1cc(Cc2cc(Cc3cc(C)cc(-c4ccc([N+](=O)[O-])cc4)c3)cc(-c3ccc([N+](=O)[O-])cc3)c2)cc(-c2ccc([N+](=O)[O-])cc2)c1. The van der Waals surface area contributed by atoms with E-state index < -0.39 is 14.8 Å². The number of aryl methyl sites for hydroxylation is 2. The second kappa shape index (κ2) is 14.3. The number of nitro benzene ring substituents is 3. The topological polar surface area (TPSA) is 129 Å². The maximum absolute atomic E-state index is 11.3. The molecular weight excluding hydrogens is 630 g/mol. The van der Waals surface area contributed by atoms with Crippen molar-refractivity contribution in [3.8, 4) is 33.4 Å². The largest absolute Gasteiger partial charge is 0.269 e. The summed E-state index contributed by atoms with van der Waals surface area (Å²) in [5.41, 5.74) is 12.2. The van der Waals surface area contributed by atoms with Crippen LogP contribution in [0.1, 0.15) is 40.3 Å². The molecule has 0 amide bonds. The molecule has 0 aromatic heterocycles. The lowest BCUT2D eigenvalue weighted by atomic mass is 9.91. The van der Waals surface area contributed by atoms with Crippen LogP contribution < -0.4 is 0 Å². The van der Waals surface area contributed by atoms with Gasteiger partial charge in [-0.2, -0.15) is 0 Å². The van der Waals surface area contributed by atoms with Gasteiger partial charge in [-0.15, -0.1) is 0 Å². The van der Waals surface area contributed by atoms with E-state index in [1.165, 1.54) is 36.4 Å². The lowest BCUT2D eigenvalue weighted by molar-refractivity contribution is -0.385. The highest BCUT2D eigenvalue weighted by Gasteiger charge is 2.13. The smallest absolute Gasteiger partial charge is 0.258 e. The molecule has 6 rings (SSSR count). The Morgan fingerprint density at radius 3 is 1.04 bits per heavy atom. The molecule has 0 atom stereocenters. The maximum atomic E-state index is 11.3. The van der Waals surface area contributed by atoms with E-state index in [0.717, 1.165) is 73.2 Å². The molecular formula is C41H33N3O6. The van der Waals surface area contributed by atoms with Gasteiger partial charge in [0.05, 0.1) is 14.8 Å². The first-order chi connectivity index (χ1) is 24.0. The number of nitro groups is 3. The van der Waals surface area contributed by atoms with Gasteiger partial charge >= 0.3 is 0 Å². The van der Waals surface area contributed by atoms with Crippen molar-refractivity contribution in [1.29, 1.82) is 0 Å². The summed E-state index contributed by atoms with van der Waals surface area (Å²) >= 11 is 0. The van der Waals surface area contributed by atoms with Gasteiger partial charge in [0.1, 0.15) is 0 Å². The minimum absolute atomic E-state index is 0.0267. The fraction of sp³-hybridized carbons (Fsp3) is 0.122. The molecule has 0 N–H and O–H groups in total. The van der Waals surface area contributed by atoms with E-state index in [4.69, 9.17) is 0 Å². The molecule has 6 aromatic carbocycles. The monoisotopic (exact) mass is 663 g/mol. The maximum Gasteiger partial charge on any atom is 0.269 e. The van der Waals surface area contributed by atoms with E-state index in [1.807, 2.05) is 6.92 Å². The summed E-state index contributed by atoms with van der Waals surface area (Å²) in [5.74, 6) is 0. The number of hydrogen-bond acceptors (Lipinski definition) is 6. The van der Waals surface area contributed by atoms with Crippen molar-refractivity contribution in [2.45, 2.75) is 33.1 Å². The lowest BCUT2D eigenvalue weighted by Crippen LogP contribution is -1.97. The molecule has 0 fully saturated rings. The van der Waals surface area contributed by atoms with E-state index >= 15 is 0 Å². The van der Waals surface area contributed by atoms with Gasteiger partial charge in [-0.05, 0) is 124 Å². The van der Waals surface area contributed by atoms with Crippen LogP contribution in [0.25, 0.3) is 33.4 Å². The second-order valence-corrected chi connectivity index (χ2v) is 12.4. The highest BCUT2D eigenvalue weighted by molar-refractivity contribution is 5.70. The van der Waals surface area contributed by atoms with Crippen LogP contribution in [0.2, 0.25) is 0 Å². The number of hydrogen-bond donors (Lipinski definition) is 0. The molecule has 0 heterocycles. The quantitative estimate of drug-likeness (QED) is 0.100. The highest BCUT2D eigenvalue weighted by Crippen LogP contribution is 2.31. The fourth-order valence-electron chi connectivity index (χ4n) is 6.30. The number of benzene rings is 6. The number of non-ortho nitro benzene ring substituents is 3. The standard InChI is InChI=1S/C41H33N3O6/c1-3-28-18-30(24-37(22-28)34-6-12-40(13-7-34)43(47)48)20-32-21-31(25-38(26-32)35-8-14-41(15-9-35)44(49)50)19-29-16-27(2)17-36(23-29)33-4-10-39(11-5-33)42(45)46/h4-18,21-26H,3,19-20H2,1-2H3. The van der Waals surface area contributed by atoms with Crippen LogP contribution in [0.4, 0.5) is 17.1 Å². The molecule has 248 valence electrons. The summed E-state index contributed by atoms with van der Waals surface area (Å²) in [4.78, 5) is 32.5. The Kier molecular flexibility index (Phi) is 9.58. The first-order valence-electron chi connectivity index (χ1n) is 16.2. The Bertz CT molecular complexity index is 2230. The van der Waals surface area contributed by atoms with Crippen molar-refractivity contribution in [3.05, 3.63) is 191 Å². The first-order valence-corrected chi connectivity index (χ1v) is 16.2. The molecule has 0 aliphatic rings. The van der Waals surface area contributed by atoms with Gasteiger partial charge in [-0.1, -0.05) is 67.1 Å². The summed E-state index contributed by atoms with van der Waals surface area (Å²) in [6.45, 7) is 4.12. The van der Waals surface area contributed by atoms with Gasteiger partial charge in [0.15, 0.2) is 0 Å². The Labute approximate surface area is 289 Å². The Balaban J connectivity index is 1.38. The summed E-state index contributed by atoms with van der Waals surface area (Å²) in [5, 5.41) is 33.7. The van der Waals surface area contributed by atoms with Crippen LogP contribution in [0.3, 0.4) is 0 Å². The van der Waals surface area contributed by atoms with Gasteiger partial charge in [0.25, 0.3) is 17.1 Å². The number of nitrogens with zero attached hydrogens (tertiary/aromatic N) is 3. The van der Waals surface area contributed by atoms with Gasteiger partial charge in [0, 0.05) is 36.4 Å². The van der Waals surface area contributed by atoms with E-state index in [9.17, 15) is 30.3 Å². The zero-order valence-corrected chi connectivity index (χ0v) is 27.5. The van der Waals surface area contributed by atoms with Crippen molar-refractivity contribution >= 4 is 17.1 Å². The molecule has 0 aliphatic carbocycles. The number of rotatable bonds is 11. The van der Waals surface area contributed by atoms with Gasteiger partial charge in [-0.25, -0.2) is 0 Å².